The zero-order chi connectivity index (χ0) is 41.5. The highest BCUT2D eigenvalue weighted by Gasteiger charge is 2.25. The molecule has 3 aromatic heterocycles. The Morgan fingerprint density at radius 2 is 1.27 bits per heavy atom. The summed E-state index contributed by atoms with van der Waals surface area (Å²) in [6.07, 6.45) is 1.93. The molecule has 0 amide bonds. The summed E-state index contributed by atoms with van der Waals surface area (Å²) in [5.74, 6) is 0.845. The van der Waals surface area contributed by atoms with E-state index in [9.17, 15) is 0 Å². The zero-order valence-corrected chi connectivity index (χ0v) is 36.0. The third kappa shape index (κ3) is 6.40. The first-order valence-corrected chi connectivity index (χ1v) is 21.2. The van der Waals surface area contributed by atoms with Gasteiger partial charge in [0.2, 0.25) is 0 Å². The minimum Gasteiger partial charge on any atom is -0.455 e. The molecule has 0 fully saturated rings. The standard InChI is InChI=1S/C55H47N3OS/c1-33-26-27-56-50-44(33)31-39(55(5,6)7)32-45(50)36-28-35(34-14-9-8-10-15-34)29-37(30-36)53-57-51-43(49-48(60)25-24-42-41-16-11-12-19-47(41)59-52(42)49)17-13-18-46(51)58(53)40-22-20-38(21-23-40)54(2,3)4/h8-32,60H,1-7H3. The normalized spacial score (nSPS) is 12.3. The van der Waals surface area contributed by atoms with Crippen LogP contribution in [0.2, 0.25) is 0 Å². The highest BCUT2D eigenvalue weighted by atomic mass is 32.1. The van der Waals surface area contributed by atoms with Crippen molar-refractivity contribution in [2.75, 3.05) is 0 Å². The lowest BCUT2D eigenvalue weighted by atomic mass is 9.83. The van der Waals surface area contributed by atoms with Crippen LogP contribution in [0.3, 0.4) is 0 Å². The molecule has 0 N–H and O–H groups in total. The molecule has 7 aromatic carbocycles. The maximum absolute atomic E-state index is 6.64. The molecule has 0 saturated carbocycles. The van der Waals surface area contributed by atoms with E-state index in [1.165, 1.54) is 22.1 Å². The van der Waals surface area contributed by atoms with Gasteiger partial charge in [-0.2, -0.15) is 0 Å². The molecule has 4 nitrogen and oxygen atoms in total. The van der Waals surface area contributed by atoms with Gasteiger partial charge in [0.15, 0.2) is 0 Å². The van der Waals surface area contributed by atoms with E-state index in [-0.39, 0.29) is 10.8 Å². The lowest BCUT2D eigenvalue weighted by Crippen LogP contribution is -2.11. The Morgan fingerprint density at radius 1 is 0.550 bits per heavy atom. The molecule has 0 unspecified atom stereocenters. The molecule has 0 radical (unpaired) electrons. The Bertz CT molecular complexity index is 3290. The van der Waals surface area contributed by atoms with Gasteiger partial charge in [0.25, 0.3) is 0 Å². The van der Waals surface area contributed by atoms with Gasteiger partial charge >= 0.3 is 0 Å². The molecule has 10 rings (SSSR count). The second-order valence-corrected chi connectivity index (χ2v) is 18.6. The average Bonchev–Trinajstić information content (AvgIpc) is 3.82. The number of rotatable bonds is 5. The number of para-hydroxylation sites is 2. The number of nitrogens with zero attached hydrogens (tertiary/aromatic N) is 3. The van der Waals surface area contributed by atoms with Crippen LogP contribution in [0.5, 0.6) is 0 Å². The van der Waals surface area contributed by atoms with Gasteiger partial charge in [-0.3, -0.25) is 9.55 Å². The predicted octanol–water partition coefficient (Wildman–Crippen LogP) is 15.3. The van der Waals surface area contributed by atoms with Crippen molar-refractivity contribution < 1.29 is 4.42 Å². The molecule has 0 bridgehead atoms. The van der Waals surface area contributed by atoms with Crippen LogP contribution in [0.4, 0.5) is 0 Å². The summed E-state index contributed by atoms with van der Waals surface area (Å²) in [6, 6.07) is 52.2. The van der Waals surface area contributed by atoms with Crippen molar-refractivity contribution in [1.82, 2.24) is 14.5 Å². The van der Waals surface area contributed by atoms with Gasteiger partial charge in [-0.15, -0.1) is 12.6 Å². The van der Waals surface area contributed by atoms with Crippen LogP contribution in [0.15, 0.2) is 161 Å². The molecular formula is C55H47N3OS. The van der Waals surface area contributed by atoms with Crippen molar-refractivity contribution in [3.05, 3.63) is 168 Å². The van der Waals surface area contributed by atoms with Crippen LogP contribution < -0.4 is 0 Å². The van der Waals surface area contributed by atoms with Gasteiger partial charge in [-0.05, 0) is 124 Å². The van der Waals surface area contributed by atoms with Crippen LogP contribution in [0.1, 0.15) is 58.2 Å². The summed E-state index contributed by atoms with van der Waals surface area (Å²) in [4.78, 5) is 11.5. The third-order valence-electron chi connectivity index (χ3n) is 12.0. The first-order chi connectivity index (χ1) is 28.8. The van der Waals surface area contributed by atoms with E-state index >= 15 is 0 Å². The van der Waals surface area contributed by atoms with Crippen molar-refractivity contribution >= 4 is 56.5 Å². The van der Waals surface area contributed by atoms with Gasteiger partial charge < -0.3 is 4.42 Å². The van der Waals surface area contributed by atoms with Crippen molar-refractivity contribution in [3.63, 3.8) is 0 Å². The number of thiol groups is 1. The molecule has 5 heteroatoms. The molecule has 60 heavy (non-hydrogen) atoms. The number of aryl methyl sites for hydroxylation is 1. The van der Waals surface area contributed by atoms with E-state index in [4.69, 9.17) is 27.0 Å². The predicted molar refractivity (Wildman–Crippen MR) is 255 cm³/mol. The van der Waals surface area contributed by atoms with Gasteiger partial charge in [0.1, 0.15) is 17.0 Å². The maximum atomic E-state index is 6.64. The van der Waals surface area contributed by atoms with E-state index < -0.39 is 0 Å². The molecule has 3 heterocycles. The summed E-state index contributed by atoms with van der Waals surface area (Å²) in [7, 11) is 0. The lowest BCUT2D eigenvalue weighted by Gasteiger charge is -2.22. The number of hydrogen-bond acceptors (Lipinski definition) is 4. The summed E-state index contributed by atoms with van der Waals surface area (Å²) < 4.78 is 8.96. The van der Waals surface area contributed by atoms with Gasteiger partial charge in [-0.1, -0.05) is 114 Å². The maximum Gasteiger partial charge on any atom is 0.145 e. The molecule has 0 aliphatic rings. The SMILES string of the molecule is Cc1ccnc2c(-c3cc(-c4ccccc4)cc(-c4nc5c(-c6c(S)ccc7c6oc6ccccc67)cccc5n4-c4ccc(C(C)(C)C)cc4)c3)cc(C(C)(C)C)cc12. The summed E-state index contributed by atoms with van der Waals surface area (Å²) in [5, 5.41) is 3.31. The quantitative estimate of drug-likeness (QED) is 0.176. The van der Waals surface area contributed by atoms with E-state index in [1.54, 1.807) is 0 Å². The lowest BCUT2D eigenvalue weighted by molar-refractivity contribution is 0.590. The average molecular weight is 798 g/mol. The number of pyridine rings is 1. The third-order valence-corrected chi connectivity index (χ3v) is 12.4. The molecule has 0 atom stereocenters. The highest BCUT2D eigenvalue weighted by molar-refractivity contribution is 7.80. The van der Waals surface area contributed by atoms with Crippen LogP contribution in [-0.2, 0) is 10.8 Å². The number of hydrogen-bond donors (Lipinski definition) is 1. The Hall–Kier alpha value is -6.43. The molecule has 0 saturated heterocycles. The summed E-state index contributed by atoms with van der Waals surface area (Å²) in [5.41, 5.74) is 16.6. The van der Waals surface area contributed by atoms with Crippen molar-refractivity contribution in [2.45, 2.75) is 64.2 Å². The number of furan rings is 1. The zero-order valence-electron chi connectivity index (χ0n) is 35.1. The molecule has 0 spiro atoms. The number of aromatic nitrogens is 3. The van der Waals surface area contributed by atoms with E-state index in [0.717, 1.165) is 93.8 Å². The van der Waals surface area contributed by atoms with Crippen LogP contribution in [0.25, 0.3) is 94.3 Å². The monoisotopic (exact) mass is 797 g/mol. The first kappa shape index (κ1) is 37.8. The van der Waals surface area contributed by atoms with Gasteiger partial charge in [0, 0.05) is 55.2 Å². The second-order valence-electron chi connectivity index (χ2n) is 18.1. The van der Waals surface area contributed by atoms with Crippen LogP contribution in [0, 0.1) is 6.92 Å². The van der Waals surface area contributed by atoms with E-state index in [2.05, 4.69) is 186 Å². The largest absolute Gasteiger partial charge is 0.455 e. The number of benzene rings is 7. The Morgan fingerprint density at radius 3 is 2.03 bits per heavy atom. The fraction of sp³-hybridized carbons (Fsp3) is 0.164. The molecule has 0 aliphatic heterocycles. The Labute approximate surface area is 357 Å². The Kier molecular flexibility index (Phi) is 8.89. The number of fused-ring (bicyclic) bond motifs is 5. The summed E-state index contributed by atoms with van der Waals surface area (Å²) >= 11 is 5.08. The van der Waals surface area contributed by atoms with Crippen molar-refractivity contribution in [2.24, 2.45) is 0 Å². The summed E-state index contributed by atoms with van der Waals surface area (Å²) in [6.45, 7) is 15.8. The van der Waals surface area contributed by atoms with Gasteiger partial charge in [-0.25, -0.2) is 4.98 Å². The molecule has 0 aliphatic carbocycles. The fourth-order valence-electron chi connectivity index (χ4n) is 8.66. The Balaban J connectivity index is 1.30. The second kappa shape index (κ2) is 14.1. The molecule has 10 aromatic rings. The minimum absolute atomic E-state index is 0.00937. The highest BCUT2D eigenvalue weighted by Crippen LogP contribution is 2.44. The van der Waals surface area contributed by atoms with E-state index in [1.807, 2.05) is 18.3 Å². The van der Waals surface area contributed by atoms with Crippen molar-refractivity contribution in [3.8, 4) is 50.5 Å². The molecular weight excluding hydrogens is 751 g/mol. The van der Waals surface area contributed by atoms with Crippen LogP contribution >= 0.6 is 12.6 Å². The van der Waals surface area contributed by atoms with Gasteiger partial charge in [0.05, 0.1) is 16.6 Å². The van der Waals surface area contributed by atoms with Crippen LogP contribution in [-0.4, -0.2) is 14.5 Å². The fourth-order valence-corrected chi connectivity index (χ4v) is 8.95. The minimum atomic E-state index is -0.0662. The number of imidazole rings is 1. The first-order valence-electron chi connectivity index (χ1n) is 20.7. The van der Waals surface area contributed by atoms with Crippen molar-refractivity contribution in [1.29, 1.82) is 0 Å². The topological polar surface area (TPSA) is 43.9 Å². The smallest absolute Gasteiger partial charge is 0.145 e. The molecule has 294 valence electrons. The van der Waals surface area contributed by atoms with E-state index in [0.29, 0.717) is 0 Å².